The summed E-state index contributed by atoms with van der Waals surface area (Å²) >= 11 is 0. The molecule has 1 fully saturated rings. The van der Waals surface area contributed by atoms with Gasteiger partial charge in [0.25, 0.3) is 0 Å². The van der Waals surface area contributed by atoms with Gasteiger partial charge < -0.3 is 5.32 Å². The van der Waals surface area contributed by atoms with E-state index in [1.807, 2.05) is 19.3 Å². The van der Waals surface area contributed by atoms with Crippen LogP contribution in [-0.4, -0.2) is 16.0 Å². The van der Waals surface area contributed by atoms with Gasteiger partial charge in [0.1, 0.15) is 5.82 Å². The van der Waals surface area contributed by atoms with Crippen molar-refractivity contribution in [1.29, 1.82) is 0 Å². The molecule has 0 saturated heterocycles. The molecule has 0 radical (unpaired) electrons. The van der Waals surface area contributed by atoms with Gasteiger partial charge in [0.05, 0.1) is 0 Å². The summed E-state index contributed by atoms with van der Waals surface area (Å²) in [6.45, 7) is 2.68. The van der Waals surface area contributed by atoms with E-state index in [2.05, 4.69) is 15.3 Å². The molecule has 1 aliphatic carbocycles. The Kier molecular flexibility index (Phi) is 3.25. The van der Waals surface area contributed by atoms with Gasteiger partial charge in [0.15, 0.2) is 5.82 Å². The van der Waals surface area contributed by atoms with E-state index in [-0.39, 0.29) is 5.82 Å². The largest absolute Gasteiger partial charge is 0.310 e. The number of nitrogens with one attached hydrogen (secondary N) is 1. The van der Waals surface area contributed by atoms with Gasteiger partial charge in [0, 0.05) is 36.1 Å². The van der Waals surface area contributed by atoms with Crippen LogP contribution >= 0.6 is 0 Å². The van der Waals surface area contributed by atoms with Crippen molar-refractivity contribution in [3.63, 3.8) is 0 Å². The van der Waals surface area contributed by atoms with Crippen molar-refractivity contribution in [2.24, 2.45) is 0 Å². The Hall–Kier alpha value is -1.81. The van der Waals surface area contributed by atoms with Crippen molar-refractivity contribution >= 4 is 0 Å². The molecule has 0 atom stereocenters. The zero-order chi connectivity index (χ0) is 13.2. The van der Waals surface area contributed by atoms with Crippen molar-refractivity contribution in [3.8, 4) is 11.4 Å². The smallest absolute Gasteiger partial charge is 0.159 e. The van der Waals surface area contributed by atoms with Gasteiger partial charge in [0.2, 0.25) is 0 Å². The van der Waals surface area contributed by atoms with Crippen LogP contribution in [0.2, 0.25) is 0 Å². The molecule has 1 aliphatic rings. The van der Waals surface area contributed by atoms with Crippen LogP contribution in [0.25, 0.3) is 11.4 Å². The average Bonchev–Trinajstić information content (AvgIpc) is 3.21. The number of aromatic nitrogens is 2. The quantitative estimate of drug-likeness (QED) is 0.915. The summed E-state index contributed by atoms with van der Waals surface area (Å²) in [6, 6.07) is 5.34. The maximum atomic E-state index is 13.1. The van der Waals surface area contributed by atoms with Crippen molar-refractivity contribution in [2.45, 2.75) is 32.4 Å². The second kappa shape index (κ2) is 5.05. The van der Waals surface area contributed by atoms with Gasteiger partial charge >= 0.3 is 0 Å². The van der Waals surface area contributed by atoms with Gasteiger partial charge in [-0.05, 0) is 43.5 Å². The Morgan fingerprint density at radius 2 is 2.00 bits per heavy atom. The zero-order valence-corrected chi connectivity index (χ0v) is 10.9. The number of aryl methyl sites for hydroxylation is 1. The molecule has 19 heavy (non-hydrogen) atoms. The summed E-state index contributed by atoms with van der Waals surface area (Å²) in [7, 11) is 0. The van der Waals surface area contributed by atoms with E-state index in [4.69, 9.17) is 0 Å². The first-order chi connectivity index (χ1) is 9.22. The predicted octanol–water partition coefficient (Wildman–Crippen LogP) is 2.84. The van der Waals surface area contributed by atoms with Crippen LogP contribution in [0.5, 0.6) is 0 Å². The average molecular weight is 257 g/mol. The molecule has 0 spiro atoms. The third-order valence-electron chi connectivity index (χ3n) is 3.31. The minimum Gasteiger partial charge on any atom is -0.310 e. The Bertz CT molecular complexity index is 576. The van der Waals surface area contributed by atoms with Crippen LogP contribution in [0.4, 0.5) is 4.39 Å². The molecule has 4 heteroatoms. The highest BCUT2D eigenvalue weighted by Crippen LogP contribution is 2.21. The minimum atomic E-state index is -0.230. The zero-order valence-electron chi connectivity index (χ0n) is 10.9. The lowest BCUT2D eigenvalue weighted by Gasteiger charge is -2.06. The van der Waals surface area contributed by atoms with E-state index in [1.165, 1.54) is 25.0 Å². The van der Waals surface area contributed by atoms with E-state index in [1.54, 1.807) is 6.07 Å². The predicted molar refractivity (Wildman–Crippen MR) is 72.0 cm³/mol. The highest BCUT2D eigenvalue weighted by Gasteiger charge is 2.20. The topological polar surface area (TPSA) is 37.8 Å². The maximum Gasteiger partial charge on any atom is 0.159 e. The Morgan fingerprint density at radius 1 is 1.26 bits per heavy atom. The molecule has 1 heterocycles. The van der Waals surface area contributed by atoms with E-state index in [9.17, 15) is 4.39 Å². The first-order valence-electron chi connectivity index (χ1n) is 6.53. The standard InChI is InChI=1S/C15H16FN3/c1-10-6-12(16)2-5-14(10)15-18-8-11(9-19-15)7-17-13-3-4-13/h2,5-6,8-9,13,17H,3-4,7H2,1H3. The van der Waals surface area contributed by atoms with Crippen molar-refractivity contribution < 1.29 is 4.39 Å². The molecular formula is C15H16FN3. The molecule has 2 aromatic rings. The van der Waals surface area contributed by atoms with E-state index >= 15 is 0 Å². The summed E-state index contributed by atoms with van der Waals surface area (Å²) in [5.41, 5.74) is 2.81. The second-order valence-corrected chi connectivity index (χ2v) is 5.03. The van der Waals surface area contributed by atoms with Crippen LogP contribution in [0, 0.1) is 12.7 Å². The number of rotatable bonds is 4. The van der Waals surface area contributed by atoms with Crippen LogP contribution < -0.4 is 5.32 Å². The summed E-state index contributed by atoms with van der Waals surface area (Å²) < 4.78 is 13.1. The third-order valence-corrected chi connectivity index (χ3v) is 3.31. The third kappa shape index (κ3) is 2.96. The normalized spacial score (nSPS) is 14.6. The fourth-order valence-corrected chi connectivity index (χ4v) is 2.01. The fourth-order valence-electron chi connectivity index (χ4n) is 2.01. The summed E-state index contributed by atoms with van der Waals surface area (Å²) in [5.74, 6) is 0.416. The molecule has 1 aromatic carbocycles. The minimum absolute atomic E-state index is 0.230. The Balaban J connectivity index is 1.76. The SMILES string of the molecule is Cc1cc(F)ccc1-c1ncc(CNC2CC2)cn1. The molecular weight excluding hydrogens is 241 g/mol. The van der Waals surface area contributed by atoms with Gasteiger partial charge in [-0.1, -0.05) is 0 Å². The summed E-state index contributed by atoms with van der Waals surface area (Å²) in [5, 5.41) is 3.42. The first kappa shape index (κ1) is 12.2. The molecule has 0 bridgehead atoms. The molecule has 3 nitrogen and oxygen atoms in total. The van der Waals surface area contributed by atoms with E-state index in [0.717, 1.165) is 23.2 Å². The Morgan fingerprint density at radius 3 is 2.63 bits per heavy atom. The van der Waals surface area contributed by atoms with E-state index in [0.29, 0.717) is 11.9 Å². The molecule has 1 aromatic heterocycles. The summed E-state index contributed by atoms with van der Waals surface area (Å²) in [6.07, 6.45) is 6.21. The van der Waals surface area contributed by atoms with Crippen molar-refractivity contribution in [2.75, 3.05) is 0 Å². The molecule has 0 amide bonds. The monoisotopic (exact) mass is 257 g/mol. The highest BCUT2D eigenvalue weighted by atomic mass is 19.1. The molecule has 0 aliphatic heterocycles. The first-order valence-corrected chi connectivity index (χ1v) is 6.53. The molecule has 1 N–H and O–H groups in total. The number of nitrogens with zero attached hydrogens (tertiary/aromatic N) is 2. The van der Waals surface area contributed by atoms with E-state index < -0.39 is 0 Å². The highest BCUT2D eigenvalue weighted by molar-refractivity contribution is 5.59. The van der Waals surface area contributed by atoms with Crippen LogP contribution in [-0.2, 0) is 6.54 Å². The number of hydrogen-bond acceptors (Lipinski definition) is 3. The van der Waals surface area contributed by atoms with Crippen LogP contribution in [0.15, 0.2) is 30.6 Å². The molecule has 1 saturated carbocycles. The lowest BCUT2D eigenvalue weighted by Crippen LogP contribution is -2.15. The number of hydrogen-bond donors (Lipinski definition) is 1. The lowest BCUT2D eigenvalue weighted by molar-refractivity contribution is 0.627. The Labute approximate surface area is 111 Å². The van der Waals surface area contributed by atoms with Crippen molar-refractivity contribution in [1.82, 2.24) is 15.3 Å². The lowest BCUT2D eigenvalue weighted by atomic mass is 10.1. The number of benzene rings is 1. The van der Waals surface area contributed by atoms with Crippen LogP contribution in [0.1, 0.15) is 24.0 Å². The number of halogens is 1. The van der Waals surface area contributed by atoms with Crippen LogP contribution in [0.3, 0.4) is 0 Å². The molecule has 98 valence electrons. The second-order valence-electron chi connectivity index (χ2n) is 5.03. The maximum absolute atomic E-state index is 13.1. The van der Waals surface area contributed by atoms with Gasteiger partial charge in [-0.2, -0.15) is 0 Å². The fraction of sp³-hybridized carbons (Fsp3) is 0.333. The molecule has 0 unspecified atom stereocenters. The van der Waals surface area contributed by atoms with Gasteiger partial charge in [-0.3, -0.25) is 0 Å². The van der Waals surface area contributed by atoms with Gasteiger partial charge in [-0.25, -0.2) is 14.4 Å². The van der Waals surface area contributed by atoms with Crippen molar-refractivity contribution in [3.05, 3.63) is 47.5 Å². The van der Waals surface area contributed by atoms with Gasteiger partial charge in [-0.15, -0.1) is 0 Å². The summed E-state index contributed by atoms with van der Waals surface area (Å²) in [4.78, 5) is 8.73. The molecule has 3 rings (SSSR count).